The zero-order valence-electron chi connectivity index (χ0n) is 13.0. The van der Waals surface area contributed by atoms with Gasteiger partial charge in [-0.05, 0) is 24.0 Å². The van der Waals surface area contributed by atoms with Crippen molar-refractivity contribution in [3.63, 3.8) is 0 Å². The van der Waals surface area contributed by atoms with Crippen molar-refractivity contribution in [1.29, 1.82) is 0 Å². The Kier molecular flexibility index (Phi) is 3.33. The predicted octanol–water partition coefficient (Wildman–Crippen LogP) is 2.88. The summed E-state index contributed by atoms with van der Waals surface area (Å²) in [4.78, 5) is 23.6. The van der Waals surface area contributed by atoms with Gasteiger partial charge in [-0.15, -0.1) is 0 Å². The number of rotatable bonds is 2. The van der Waals surface area contributed by atoms with Gasteiger partial charge in [-0.1, -0.05) is 31.2 Å². The summed E-state index contributed by atoms with van der Waals surface area (Å²) in [6.07, 6.45) is 8.76. The second kappa shape index (κ2) is 5.50. The molecule has 3 aromatic rings. The predicted molar refractivity (Wildman–Crippen MR) is 87.2 cm³/mol. The first-order valence-corrected chi connectivity index (χ1v) is 7.96. The van der Waals surface area contributed by atoms with Crippen molar-refractivity contribution >= 4 is 11.6 Å². The molecule has 3 heterocycles. The molecule has 4 rings (SSSR count). The van der Waals surface area contributed by atoms with E-state index in [1.165, 1.54) is 11.1 Å². The molecule has 1 aliphatic rings. The Bertz CT molecular complexity index is 870. The normalized spacial score (nSPS) is 17.3. The Morgan fingerprint density at radius 1 is 1.22 bits per heavy atom. The highest BCUT2D eigenvalue weighted by molar-refractivity contribution is 5.98. The average molecular weight is 306 g/mol. The fourth-order valence-corrected chi connectivity index (χ4v) is 3.48. The van der Waals surface area contributed by atoms with Gasteiger partial charge in [-0.2, -0.15) is 0 Å². The maximum absolute atomic E-state index is 13.1. The molecule has 5 heteroatoms. The van der Waals surface area contributed by atoms with Crippen LogP contribution in [-0.2, 0) is 6.42 Å². The molecule has 23 heavy (non-hydrogen) atoms. The summed E-state index contributed by atoms with van der Waals surface area (Å²) in [6, 6.07) is 8.50. The van der Waals surface area contributed by atoms with E-state index in [-0.39, 0.29) is 11.9 Å². The van der Waals surface area contributed by atoms with Crippen LogP contribution in [0.4, 0.5) is 0 Å². The summed E-state index contributed by atoms with van der Waals surface area (Å²) in [6.45, 7) is 2.84. The Morgan fingerprint density at radius 3 is 2.83 bits per heavy atom. The summed E-state index contributed by atoms with van der Waals surface area (Å²) in [7, 11) is 0. The molecule has 0 saturated heterocycles. The van der Waals surface area contributed by atoms with Crippen molar-refractivity contribution in [2.75, 3.05) is 6.54 Å². The van der Waals surface area contributed by atoms with Crippen molar-refractivity contribution in [3.8, 4) is 0 Å². The molecule has 0 radical (unpaired) electrons. The van der Waals surface area contributed by atoms with E-state index < -0.39 is 0 Å². The SMILES string of the molecule is CC[C@@H]1c2ccccc2CCN1C(=O)c1nccn2ccnc12. The van der Waals surface area contributed by atoms with Gasteiger partial charge in [-0.3, -0.25) is 4.79 Å². The molecule has 1 atom stereocenters. The van der Waals surface area contributed by atoms with Crippen LogP contribution in [0.3, 0.4) is 0 Å². The van der Waals surface area contributed by atoms with E-state index in [1.807, 2.05) is 27.8 Å². The van der Waals surface area contributed by atoms with Crippen molar-refractivity contribution in [1.82, 2.24) is 19.3 Å². The second-order valence-electron chi connectivity index (χ2n) is 5.81. The van der Waals surface area contributed by atoms with E-state index in [2.05, 4.69) is 35.1 Å². The standard InChI is InChI=1S/C18H18N4O/c1-2-15-14-6-4-3-5-13(14)7-10-22(15)18(23)16-17-20-9-12-21(17)11-8-19-16/h3-6,8-9,11-12,15H,2,7,10H2,1H3/t15-/m1/s1. The first-order valence-electron chi connectivity index (χ1n) is 7.96. The van der Waals surface area contributed by atoms with Crippen LogP contribution in [0.5, 0.6) is 0 Å². The van der Waals surface area contributed by atoms with Gasteiger partial charge in [0.15, 0.2) is 11.3 Å². The number of amides is 1. The van der Waals surface area contributed by atoms with Gasteiger partial charge in [0.05, 0.1) is 6.04 Å². The van der Waals surface area contributed by atoms with Crippen LogP contribution in [-0.4, -0.2) is 31.7 Å². The highest BCUT2D eigenvalue weighted by Crippen LogP contribution is 2.33. The number of hydrogen-bond acceptors (Lipinski definition) is 3. The van der Waals surface area contributed by atoms with Gasteiger partial charge >= 0.3 is 0 Å². The van der Waals surface area contributed by atoms with E-state index in [0.29, 0.717) is 11.3 Å². The number of carbonyl (C=O) groups is 1. The van der Waals surface area contributed by atoms with Gasteiger partial charge in [0.2, 0.25) is 0 Å². The minimum atomic E-state index is -0.0387. The van der Waals surface area contributed by atoms with Crippen LogP contribution >= 0.6 is 0 Å². The number of benzene rings is 1. The molecule has 2 aromatic heterocycles. The highest BCUT2D eigenvalue weighted by atomic mass is 16.2. The van der Waals surface area contributed by atoms with Gasteiger partial charge in [-0.25, -0.2) is 9.97 Å². The third kappa shape index (κ3) is 2.20. The molecule has 0 fully saturated rings. The van der Waals surface area contributed by atoms with Crippen molar-refractivity contribution in [2.24, 2.45) is 0 Å². The second-order valence-corrected chi connectivity index (χ2v) is 5.81. The summed E-state index contributed by atoms with van der Waals surface area (Å²) in [5, 5.41) is 0. The third-order valence-electron chi connectivity index (χ3n) is 4.57. The number of fused-ring (bicyclic) bond motifs is 2. The zero-order chi connectivity index (χ0) is 15.8. The minimum Gasteiger partial charge on any atom is -0.330 e. The average Bonchev–Trinajstić information content (AvgIpc) is 3.08. The number of carbonyl (C=O) groups excluding carboxylic acids is 1. The topological polar surface area (TPSA) is 50.5 Å². The summed E-state index contributed by atoms with van der Waals surface area (Å²) < 4.78 is 1.83. The van der Waals surface area contributed by atoms with Crippen molar-refractivity contribution in [3.05, 3.63) is 65.9 Å². The molecule has 0 spiro atoms. The molecule has 0 aliphatic carbocycles. The van der Waals surface area contributed by atoms with E-state index >= 15 is 0 Å². The number of hydrogen-bond donors (Lipinski definition) is 0. The Labute approximate surface area is 134 Å². The van der Waals surface area contributed by atoms with E-state index in [9.17, 15) is 4.79 Å². The molecule has 5 nitrogen and oxygen atoms in total. The molecule has 0 unspecified atom stereocenters. The van der Waals surface area contributed by atoms with E-state index in [4.69, 9.17) is 0 Å². The highest BCUT2D eigenvalue weighted by Gasteiger charge is 2.31. The molecule has 1 aromatic carbocycles. The first kappa shape index (κ1) is 13.9. The van der Waals surface area contributed by atoms with Gasteiger partial charge in [0.1, 0.15) is 0 Å². The Balaban J connectivity index is 1.75. The van der Waals surface area contributed by atoms with Crippen molar-refractivity contribution in [2.45, 2.75) is 25.8 Å². The maximum atomic E-state index is 13.1. The Hall–Kier alpha value is -2.69. The lowest BCUT2D eigenvalue weighted by atomic mass is 9.91. The molecule has 1 amide bonds. The van der Waals surface area contributed by atoms with E-state index in [0.717, 1.165) is 19.4 Å². The molecule has 1 aliphatic heterocycles. The van der Waals surface area contributed by atoms with Gasteiger partial charge in [0.25, 0.3) is 5.91 Å². The summed E-state index contributed by atoms with van der Waals surface area (Å²) in [5.74, 6) is -0.0387. The largest absolute Gasteiger partial charge is 0.330 e. The van der Waals surface area contributed by atoms with Gasteiger partial charge in [0, 0.05) is 31.3 Å². The van der Waals surface area contributed by atoms with Crippen LogP contribution in [0.2, 0.25) is 0 Å². The molecular weight excluding hydrogens is 288 g/mol. The molecule has 0 saturated carbocycles. The fourth-order valence-electron chi connectivity index (χ4n) is 3.48. The summed E-state index contributed by atoms with van der Waals surface area (Å²) >= 11 is 0. The lowest BCUT2D eigenvalue weighted by Gasteiger charge is -2.36. The van der Waals surface area contributed by atoms with Crippen LogP contribution in [0.15, 0.2) is 49.1 Å². The Morgan fingerprint density at radius 2 is 2.00 bits per heavy atom. The van der Waals surface area contributed by atoms with Crippen LogP contribution < -0.4 is 0 Å². The number of imidazole rings is 1. The van der Waals surface area contributed by atoms with Gasteiger partial charge < -0.3 is 9.30 Å². The van der Waals surface area contributed by atoms with E-state index in [1.54, 1.807) is 12.4 Å². The minimum absolute atomic E-state index is 0.0387. The first-order chi connectivity index (χ1) is 11.3. The fraction of sp³-hybridized carbons (Fsp3) is 0.278. The molecular formula is C18H18N4O. The molecule has 0 bridgehead atoms. The molecule has 116 valence electrons. The monoisotopic (exact) mass is 306 g/mol. The van der Waals surface area contributed by atoms with Crippen LogP contribution in [0, 0.1) is 0 Å². The zero-order valence-corrected chi connectivity index (χ0v) is 13.0. The van der Waals surface area contributed by atoms with Crippen LogP contribution in [0.25, 0.3) is 5.65 Å². The van der Waals surface area contributed by atoms with Crippen LogP contribution in [0.1, 0.15) is 41.0 Å². The summed E-state index contributed by atoms with van der Waals surface area (Å²) in [5.41, 5.74) is 3.64. The maximum Gasteiger partial charge on any atom is 0.276 e. The number of aromatic nitrogens is 3. The lowest BCUT2D eigenvalue weighted by molar-refractivity contribution is 0.0651. The van der Waals surface area contributed by atoms with Crippen molar-refractivity contribution < 1.29 is 4.79 Å². The third-order valence-corrected chi connectivity index (χ3v) is 4.57. The molecule has 0 N–H and O–H groups in total. The quantitative estimate of drug-likeness (QED) is 0.731. The lowest BCUT2D eigenvalue weighted by Crippen LogP contribution is -2.40. The number of nitrogens with zero attached hydrogens (tertiary/aromatic N) is 4. The smallest absolute Gasteiger partial charge is 0.276 e.